The van der Waals surface area contributed by atoms with Gasteiger partial charge in [-0.3, -0.25) is 9.59 Å². The van der Waals surface area contributed by atoms with Crippen molar-refractivity contribution < 1.29 is 4.79 Å². The molecule has 3 rings (SSSR count). The molecule has 2 aromatic rings. The van der Waals surface area contributed by atoms with Gasteiger partial charge in [0.25, 0.3) is 5.56 Å². The fourth-order valence-electron chi connectivity index (χ4n) is 2.91. The third kappa shape index (κ3) is 3.06. The van der Waals surface area contributed by atoms with Gasteiger partial charge in [-0.2, -0.15) is 5.26 Å². The van der Waals surface area contributed by atoms with E-state index in [2.05, 4.69) is 11.4 Å². The zero-order valence-corrected chi connectivity index (χ0v) is 13.7. The Balaban J connectivity index is 1.83. The molecule has 6 heteroatoms. The molecule has 0 aliphatic heterocycles. The fraction of sp³-hybridized carbons (Fsp3) is 0.353. The molecule has 1 N–H and O–H groups in total. The lowest BCUT2D eigenvalue weighted by Crippen LogP contribution is -2.28. The van der Waals surface area contributed by atoms with Gasteiger partial charge in [-0.1, -0.05) is 6.07 Å². The highest BCUT2D eigenvalue weighted by Gasteiger charge is 2.21. The molecule has 118 valence electrons. The summed E-state index contributed by atoms with van der Waals surface area (Å²) in [6, 6.07) is 7.12. The number of aryl methyl sites for hydroxylation is 2. The predicted octanol–water partition coefficient (Wildman–Crippen LogP) is 2.61. The van der Waals surface area contributed by atoms with Crippen molar-refractivity contribution in [2.24, 2.45) is 0 Å². The van der Waals surface area contributed by atoms with Crippen LogP contribution in [0.4, 0.5) is 5.00 Å². The second kappa shape index (κ2) is 6.39. The normalized spacial score (nSPS) is 13.2. The number of aromatic nitrogens is 1. The number of nitrogens with zero attached hydrogens (tertiary/aromatic N) is 2. The predicted molar refractivity (Wildman–Crippen MR) is 89.7 cm³/mol. The first kappa shape index (κ1) is 15.5. The molecule has 23 heavy (non-hydrogen) atoms. The van der Waals surface area contributed by atoms with Gasteiger partial charge in [-0.15, -0.1) is 11.3 Å². The maximum absolute atomic E-state index is 12.3. The SMILES string of the molecule is Cc1cccc(=O)n1CC(=O)Nc1sc2c(c1C#N)CCCC2. The Morgan fingerprint density at radius 3 is 2.91 bits per heavy atom. The topological polar surface area (TPSA) is 74.9 Å². The number of thiophene rings is 1. The van der Waals surface area contributed by atoms with Crippen LogP contribution in [0.1, 0.15) is 34.5 Å². The van der Waals surface area contributed by atoms with Crippen molar-refractivity contribution in [3.8, 4) is 6.07 Å². The second-order valence-electron chi connectivity index (χ2n) is 5.67. The van der Waals surface area contributed by atoms with E-state index in [0.717, 1.165) is 36.9 Å². The number of rotatable bonds is 3. The number of nitriles is 1. The van der Waals surface area contributed by atoms with E-state index in [0.29, 0.717) is 10.6 Å². The summed E-state index contributed by atoms with van der Waals surface area (Å²) in [6.45, 7) is 1.75. The summed E-state index contributed by atoms with van der Waals surface area (Å²) >= 11 is 1.49. The van der Waals surface area contributed by atoms with Gasteiger partial charge >= 0.3 is 0 Å². The first-order chi connectivity index (χ1) is 11.1. The van der Waals surface area contributed by atoms with E-state index in [1.807, 2.05) is 0 Å². The lowest BCUT2D eigenvalue weighted by molar-refractivity contribution is -0.116. The zero-order chi connectivity index (χ0) is 16.4. The van der Waals surface area contributed by atoms with E-state index < -0.39 is 0 Å². The zero-order valence-electron chi connectivity index (χ0n) is 12.9. The van der Waals surface area contributed by atoms with Gasteiger partial charge in [0.2, 0.25) is 5.91 Å². The quantitative estimate of drug-likeness (QED) is 0.941. The van der Waals surface area contributed by atoms with Crippen LogP contribution in [-0.2, 0) is 24.2 Å². The van der Waals surface area contributed by atoms with E-state index in [4.69, 9.17) is 0 Å². The molecule has 0 radical (unpaired) electrons. The number of nitrogens with one attached hydrogen (secondary N) is 1. The number of amides is 1. The Morgan fingerprint density at radius 1 is 1.39 bits per heavy atom. The van der Waals surface area contributed by atoms with Crippen molar-refractivity contribution in [1.82, 2.24) is 4.57 Å². The van der Waals surface area contributed by atoms with Crippen LogP contribution < -0.4 is 10.9 Å². The summed E-state index contributed by atoms with van der Waals surface area (Å²) in [5.41, 5.74) is 2.21. The van der Waals surface area contributed by atoms with E-state index in [1.165, 1.54) is 26.8 Å². The minimum absolute atomic E-state index is 0.0427. The van der Waals surface area contributed by atoms with E-state index in [-0.39, 0.29) is 18.0 Å². The molecule has 1 aliphatic carbocycles. The van der Waals surface area contributed by atoms with Gasteiger partial charge in [0, 0.05) is 16.6 Å². The van der Waals surface area contributed by atoms with Gasteiger partial charge in [-0.25, -0.2) is 0 Å². The number of anilines is 1. The molecule has 5 nitrogen and oxygen atoms in total. The molecule has 0 saturated carbocycles. The summed E-state index contributed by atoms with van der Waals surface area (Å²) in [6.07, 6.45) is 4.10. The van der Waals surface area contributed by atoms with Crippen LogP contribution in [0.5, 0.6) is 0 Å². The summed E-state index contributed by atoms with van der Waals surface area (Å²) in [5, 5.41) is 12.8. The van der Waals surface area contributed by atoms with Gasteiger partial charge in [0.05, 0.1) is 5.56 Å². The van der Waals surface area contributed by atoms with Crippen molar-refractivity contribution in [2.75, 3.05) is 5.32 Å². The third-order valence-electron chi connectivity index (χ3n) is 4.11. The summed E-state index contributed by atoms with van der Waals surface area (Å²) in [5.74, 6) is -0.281. The Hall–Kier alpha value is -2.39. The lowest BCUT2D eigenvalue weighted by atomic mass is 9.96. The van der Waals surface area contributed by atoms with Crippen molar-refractivity contribution in [3.05, 3.63) is 50.3 Å². The molecule has 0 aromatic carbocycles. The van der Waals surface area contributed by atoms with Crippen LogP contribution in [0, 0.1) is 18.3 Å². The summed E-state index contributed by atoms with van der Waals surface area (Å²) < 4.78 is 1.43. The third-order valence-corrected chi connectivity index (χ3v) is 5.31. The number of hydrogen-bond acceptors (Lipinski definition) is 4. The van der Waals surface area contributed by atoms with Crippen LogP contribution in [0.25, 0.3) is 0 Å². The number of hydrogen-bond donors (Lipinski definition) is 1. The molecule has 0 saturated heterocycles. The molecule has 1 aliphatic rings. The van der Waals surface area contributed by atoms with Gasteiger partial charge in [0.15, 0.2) is 0 Å². The monoisotopic (exact) mass is 327 g/mol. The number of carbonyl (C=O) groups is 1. The number of fused-ring (bicyclic) bond motifs is 1. The first-order valence-electron chi connectivity index (χ1n) is 7.61. The second-order valence-corrected chi connectivity index (χ2v) is 6.77. The highest BCUT2D eigenvalue weighted by atomic mass is 32.1. The number of carbonyl (C=O) groups excluding carboxylic acids is 1. The molecular weight excluding hydrogens is 310 g/mol. The molecule has 2 heterocycles. The van der Waals surface area contributed by atoms with Gasteiger partial charge in [0.1, 0.15) is 17.6 Å². The van der Waals surface area contributed by atoms with E-state index in [9.17, 15) is 14.9 Å². The average Bonchev–Trinajstić information content (AvgIpc) is 2.88. The van der Waals surface area contributed by atoms with Crippen molar-refractivity contribution in [1.29, 1.82) is 5.26 Å². The van der Waals surface area contributed by atoms with Crippen molar-refractivity contribution in [3.63, 3.8) is 0 Å². The van der Waals surface area contributed by atoms with Crippen LogP contribution in [0.15, 0.2) is 23.0 Å². The van der Waals surface area contributed by atoms with Crippen molar-refractivity contribution in [2.45, 2.75) is 39.2 Å². The van der Waals surface area contributed by atoms with E-state index in [1.54, 1.807) is 19.1 Å². The van der Waals surface area contributed by atoms with Crippen molar-refractivity contribution >= 4 is 22.2 Å². The highest BCUT2D eigenvalue weighted by molar-refractivity contribution is 7.16. The summed E-state index contributed by atoms with van der Waals surface area (Å²) in [7, 11) is 0. The largest absolute Gasteiger partial charge is 0.315 e. The molecule has 2 aromatic heterocycles. The Labute approximate surface area is 138 Å². The Kier molecular flexibility index (Phi) is 4.30. The molecule has 0 bridgehead atoms. The smallest absolute Gasteiger partial charge is 0.251 e. The Morgan fingerprint density at radius 2 is 2.17 bits per heavy atom. The molecule has 0 unspecified atom stereocenters. The van der Waals surface area contributed by atoms with Crippen LogP contribution in [0.3, 0.4) is 0 Å². The highest BCUT2D eigenvalue weighted by Crippen LogP contribution is 2.37. The maximum atomic E-state index is 12.3. The standard InChI is InChI=1S/C17H17N3O2S/c1-11-5-4-8-16(22)20(11)10-15(21)19-17-13(9-18)12-6-2-3-7-14(12)23-17/h4-5,8H,2-3,6-7,10H2,1H3,(H,19,21). The molecule has 1 amide bonds. The Bertz CT molecular complexity index is 858. The van der Waals surface area contributed by atoms with Gasteiger partial charge < -0.3 is 9.88 Å². The maximum Gasteiger partial charge on any atom is 0.251 e. The van der Waals surface area contributed by atoms with Crippen LogP contribution in [-0.4, -0.2) is 10.5 Å². The minimum atomic E-state index is -0.281. The van der Waals surface area contributed by atoms with Gasteiger partial charge in [-0.05, 0) is 44.2 Å². The minimum Gasteiger partial charge on any atom is -0.315 e. The fourth-order valence-corrected chi connectivity index (χ4v) is 4.16. The first-order valence-corrected chi connectivity index (χ1v) is 8.42. The van der Waals surface area contributed by atoms with Crippen LogP contribution in [0.2, 0.25) is 0 Å². The lowest BCUT2D eigenvalue weighted by Gasteiger charge is -2.10. The molecule has 0 fully saturated rings. The van der Waals surface area contributed by atoms with E-state index >= 15 is 0 Å². The molecular formula is C17H17N3O2S. The van der Waals surface area contributed by atoms with Crippen LogP contribution >= 0.6 is 11.3 Å². The average molecular weight is 327 g/mol. The number of pyridine rings is 1. The summed E-state index contributed by atoms with van der Waals surface area (Å²) in [4.78, 5) is 25.3. The molecule has 0 atom stereocenters. The molecule has 0 spiro atoms.